The van der Waals surface area contributed by atoms with Gasteiger partial charge in [0.05, 0.1) is 12.8 Å². The topological polar surface area (TPSA) is 35.2 Å². The molecule has 0 fully saturated rings. The molecule has 18 heavy (non-hydrogen) atoms. The lowest BCUT2D eigenvalue weighted by Crippen LogP contribution is -1.92. The third-order valence-electron chi connectivity index (χ3n) is 3.02. The summed E-state index contributed by atoms with van der Waals surface area (Å²) >= 11 is 1.75. The number of hydrogen-bond donors (Lipinski definition) is 1. The molecule has 0 atom stereocenters. The Labute approximate surface area is 110 Å². The smallest absolute Gasteiger partial charge is 0.141 e. The van der Waals surface area contributed by atoms with E-state index in [0.717, 1.165) is 11.3 Å². The molecule has 3 heteroatoms. The highest BCUT2D eigenvalue weighted by Gasteiger charge is 2.07. The van der Waals surface area contributed by atoms with Gasteiger partial charge in [0.1, 0.15) is 5.75 Å². The number of nitrogens with two attached hydrogens (primary N) is 1. The largest absolute Gasteiger partial charge is 0.495 e. The van der Waals surface area contributed by atoms with Crippen LogP contribution in [0.5, 0.6) is 5.75 Å². The van der Waals surface area contributed by atoms with Crippen molar-refractivity contribution >= 4 is 27.1 Å². The number of thiophene rings is 1. The molecule has 0 saturated carbocycles. The lowest BCUT2D eigenvalue weighted by atomic mass is 10.0. The van der Waals surface area contributed by atoms with Crippen LogP contribution < -0.4 is 10.5 Å². The van der Waals surface area contributed by atoms with E-state index in [9.17, 15) is 0 Å². The van der Waals surface area contributed by atoms with Crippen LogP contribution in [0, 0.1) is 0 Å². The number of rotatable bonds is 2. The van der Waals surface area contributed by atoms with Gasteiger partial charge in [0.25, 0.3) is 0 Å². The van der Waals surface area contributed by atoms with E-state index in [1.165, 1.54) is 15.6 Å². The number of ether oxygens (including phenoxy) is 1. The Morgan fingerprint density at radius 3 is 2.78 bits per heavy atom. The van der Waals surface area contributed by atoms with Crippen molar-refractivity contribution in [1.29, 1.82) is 0 Å². The highest BCUT2D eigenvalue weighted by Crippen LogP contribution is 2.35. The van der Waals surface area contributed by atoms with Gasteiger partial charge < -0.3 is 10.5 Å². The van der Waals surface area contributed by atoms with Crippen LogP contribution in [0.3, 0.4) is 0 Å². The van der Waals surface area contributed by atoms with E-state index >= 15 is 0 Å². The van der Waals surface area contributed by atoms with Crippen LogP contribution in [-0.4, -0.2) is 7.11 Å². The number of fused-ring (bicyclic) bond motifs is 1. The van der Waals surface area contributed by atoms with Crippen molar-refractivity contribution in [2.24, 2.45) is 0 Å². The summed E-state index contributed by atoms with van der Waals surface area (Å²) in [5.74, 6) is 0.720. The fourth-order valence-corrected chi connectivity index (χ4v) is 3.06. The van der Waals surface area contributed by atoms with E-state index in [1.54, 1.807) is 18.4 Å². The molecule has 2 aromatic carbocycles. The molecule has 2 nitrogen and oxygen atoms in total. The summed E-state index contributed by atoms with van der Waals surface area (Å²) in [5.41, 5.74) is 8.98. The summed E-state index contributed by atoms with van der Waals surface area (Å²) in [7, 11) is 1.63. The second kappa shape index (κ2) is 4.35. The minimum Gasteiger partial charge on any atom is -0.495 e. The zero-order valence-corrected chi connectivity index (χ0v) is 10.8. The van der Waals surface area contributed by atoms with Crippen molar-refractivity contribution in [3.63, 3.8) is 0 Å². The van der Waals surface area contributed by atoms with Crippen LogP contribution in [0.15, 0.2) is 47.8 Å². The van der Waals surface area contributed by atoms with Gasteiger partial charge in [-0.25, -0.2) is 0 Å². The lowest BCUT2D eigenvalue weighted by Gasteiger charge is -2.08. The Morgan fingerprint density at radius 1 is 1.11 bits per heavy atom. The molecule has 3 rings (SSSR count). The first-order chi connectivity index (χ1) is 8.79. The van der Waals surface area contributed by atoms with Crippen molar-refractivity contribution < 1.29 is 4.74 Å². The second-order valence-electron chi connectivity index (χ2n) is 4.10. The monoisotopic (exact) mass is 255 g/mol. The quantitative estimate of drug-likeness (QED) is 0.698. The molecule has 0 saturated heterocycles. The van der Waals surface area contributed by atoms with Crippen molar-refractivity contribution in [1.82, 2.24) is 0 Å². The van der Waals surface area contributed by atoms with Crippen molar-refractivity contribution in [3.05, 3.63) is 47.8 Å². The standard InChI is InChI=1S/C15H13NOS/c1-17-14-6-5-11(9-13(14)16)12-4-2-3-10-7-8-18-15(10)12/h2-9H,16H2,1H3. The molecule has 1 heterocycles. The molecule has 0 bridgehead atoms. The van der Waals surface area contributed by atoms with Crippen LogP contribution in [0.4, 0.5) is 5.69 Å². The van der Waals surface area contributed by atoms with Crippen molar-refractivity contribution in [3.8, 4) is 16.9 Å². The fraction of sp³-hybridized carbons (Fsp3) is 0.0667. The summed E-state index contributed by atoms with van der Waals surface area (Å²) < 4.78 is 6.48. The van der Waals surface area contributed by atoms with Gasteiger partial charge in [0.15, 0.2) is 0 Å². The first-order valence-electron chi connectivity index (χ1n) is 5.69. The first-order valence-corrected chi connectivity index (χ1v) is 6.57. The van der Waals surface area contributed by atoms with Gasteiger partial charge in [-0.05, 0) is 40.1 Å². The molecule has 0 aliphatic carbocycles. The summed E-state index contributed by atoms with van der Waals surface area (Å²) in [4.78, 5) is 0. The first kappa shape index (κ1) is 11.1. The predicted octanol–water partition coefficient (Wildman–Crippen LogP) is 4.16. The van der Waals surface area contributed by atoms with E-state index in [4.69, 9.17) is 10.5 Å². The second-order valence-corrected chi connectivity index (χ2v) is 5.02. The maximum atomic E-state index is 5.97. The maximum absolute atomic E-state index is 5.97. The molecule has 0 amide bonds. The lowest BCUT2D eigenvalue weighted by molar-refractivity contribution is 0.417. The van der Waals surface area contributed by atoms with E-state index in [0.29, 0.717) is 5.69 Å². The Kier molecular flexibility index (Phi) is 2.68. The molecular formula is C15H13NOS. The van der Waals surface area contributed by atoms with Gasteiger partial charge in [-0.1, -0.05) is 24.3 Å². The molecule has 3 aromatic rings. The van der Waals surface area contributed by atoms with Crippen LogP contribution in [0.2, 0.25) is 0 Å². The van der Waals surface area contributed by atoms with Gasteiger partial charge >= 0.3 is 0 Å². The molecule has 0 spiro atoms. The molecule has 0 aliphatic heterocycles. The SMILES string of the molecule is COc1ccc(-c2cccc3ccsc23)cc1N. The highest BCUT2D eigenvalue weighted by molar-refractivity contribution is 7.17. The number of anilines is 1. The number of hydrogen-bond acceptors (Lipinski definition) is 3. The Bertz CT molecular complexity index is 703. The van der Waals surface area contributed by atoms with E-state index in [1.807, 2.05) is 18.2 Å². The van der Waals surface area contributed by atoms with Crippen molar-refractivity contribution in [2.75, 3.05) is 12.8 Å². The average molecular weight is 255 g/mol. The van der Waals surface area contributed by atoms with Gasteiger partial charge in [0, 0.05) is 4.70 Å². The van der Waals surface area contributed by atoms with E-state index < -0.39 is 0 Å². The van der Waals surface area contributed by atoms with E-state index in [-0.39, 0.29) is 0 Å². The predicted molar refractivity (Wildman–Crippen MR) is 78.2 cm³/mol. The summed E-state index contributed by atoms with van der Waals surface area (Å²) in [6.45, 7) is 0. The van der Waals surface area contributed by atoms with Crippen molar-refractivity contribution in [2.45, 2.75) is 0 Å². The molecule has 0 radical (unpaired) electrons. The minimum absolute atomic E-state index is 0.670. The van der Waals surface area contributed by atoms with Crippen LogP contribution in [0.25, 0.3) is 21.2 Å². The summed E-state index contributed by atoms with van der Waals surface area (Å²) in [6.07, 6.45) is 0. The number of nitrogen functional groups attached to an aromatic ring is 1. The van der Waals surface area contributed by atoms with Crippen LogP contribution in [-0.2, 0) is 0 Å². The fourth-order valence-electron chi connectivity index (χ4n) is 2.12. The minimum atomic E-state index is 0.670. The summed E-state index contributed by atoms with van der Waals surface area (Å²) in [5, 5.41) is 3.38. The van der Waals surface area contributed by atoms with Crippen LogP contribution >= 0.6 is 11.3 Å². The van der Waals surface area contributed by atoms with Gasteiger partial charge in [0.2, 0.25) is 0 Å². The van der Waals surface area contributed by atoms with Gasteiger partial charge in [-0.3, -0.25) is 0 Å². The summed E-state index contributed by atoms with van der Waals surface area (Å²) in [6, 6.07) is 14.4. The van der Waals surface area contributed by atoms with Crippen LogP contribution in [0.1, 0.15) is 0 Å². The molecule has 1 aromatic heterocycles. The molecule has 90 valence electrons. The normalized spacial score (nSPS) is 10.7. The van der Waals surface area contributed by atoms with E-state index in [2.05, 4.69) is 29.6 Å². The van der Waals surface area contributed by atoms with Gasteiger partial charge in [-0.15, -0.1) is 11.3 Å². The third-order valence-corrected chi connectivity index (χ3v) is 3.98. The van der Waals surface area contributed by atoms with Gasteiger partial charge in [-0.2, -0.15) is 0 Å². The molecule has 0 unspecified atom stereocenters. The zero-order valence-electron chi connectivity index (χ0n) is 10.0. The third kappa shape index (κ3) is 1.73. The molecule has 0 aliphatic rings. The Morgan fingerprint density at radius 2 is 2.00 bits per heavy atom. The number of benzene rings is 2. The zero-order chi connectivity index (χ0) is 12.5. The molecule has 2 N–H and O–H groups in total. The average Bonchev–Trinajstić information content (AvgIpc) is 2.86. The molecular weight excluding hydrogens is 242 g/mol. The highest BCUT2D eigenvalue weighted by atomic mass is 32.1. The maximum Gasteiger partial charge on any atom is 0.141 e. The number of methoxy groups -OCH3 is 1. The Balaban J connectivity index is 2.20. The Hall–Kier alpha value is -2.00.